The Morgan fingerprint density at radius 2 is 1.57 bits per heavy atom. The molecule has 1 saturated heterocycles. The van der Waals surface area contributed by atoms with E-state index in [1.54, 1.807) is 19.1 Å². The highest BCUT2D eigenvalue weighted by Crippen LogP contribution is 2.19. The Morgan fingerprint density at radius 3 is 2.07 bits per heavy atom. The van der Waals surface area contributed by atoms with Crippen molar-refractivity contribution >= 4 is 44.5 Å². The molecule has 9 heteroatoms. The van der Waals surface area contributed by atoms with E-state index < -0.39 is 10.0 Å². The van der Waals surface area contributed by atoms with Gasteiger partial charge in [-0.05, 0) is 67.7 Å². The molecule has 0 saturated carbocycles. The second-order valence-corrected chi connectivity index (χ2v) is 8.52. The minimum absolute atomic E-state index is 0.0601. The van der Waals surface area contributed by atoms with Gasteiger partial charge in [0.25, 0.3) is 0 Å². The molecule has 0 spiro atoms. The second kappa shape index (κ2) is 8.26. The number of carbonyl (C=O) groups excluding carboxylic acids is 1. The van der Waals surface area contributed by atoms with Crippen molar-refractivity contribution in [2.45, 2.75) is 11.8 Å². The number of Topliss-reactive ketones (excluding diaryl/α,β-unsaturated/α-hetero) is 1. The normalized spacial score (nSPS) is 14.6. The molecule has 1 heterocycles. The molecule has 0 amide bonds. The van der Waals surface area contributed by atoms with E-state index in [1.807, 2.05) is 24.3 Å². The number of sulfonamides is 1. The Labute approximate surface area is 170 Å². The molecule has 1 aliphatic rings. The third-order valence-corrected chi connectivity index (χ3v) is 5.93. The van der Waals surface area contributed by atoms with E-state index in [9.17, 15) is 13.2 Å². The summed E-state index contributed by atoms with van der Waals surface area (Å²) >= 11 is 5.48. The van der Waals surface area contributed by atoms with Crippen LogP contribution in [0, 0.1) is 0 Å². The standard InChI is InChI=1S/C19H22N4O3S2/c1-14(24)15-2-6-17(7-3-15)22-10-12-23(13-11-22)19(27)21-16-4-8-18(9-5-16)28(20,25)26/h2-9H,10-13H2,1H3,(H,21,27)(H2,20,25,26). The number of nitrogens with two attached hydrogens (primary N) is 1. The summed E-state index contributed by atoms with van der Waals surface area (Å²) in [7, 11) is -3.70. The number of nitrogens with one attached hydrogen (secondary N) is 1. The summed E-state index contributed by atoms with van der Waals surface area (Å²) in [4.78, 5) is 15.8. The number of thiocarbonyl (C=S) groups is 1. The third kappa shape index (κ3) is 4.86. The number of carbonyl (C=O) groups is 1. The van der Waals surface area contributed by atoms with Gasteiger partial charge in [-0.1, -0.05) is 0 Å². The van der Waals surface area contributed by atoms with Gasteiger partial charge in [-0.25, -0.2) is 13.6 Å². The number of nitrogens with zero attached hydrogens (tertiary/aromatic N) is 2. The molecule has 3 rings (SSSR count). The monoisotopic (exact) mass is 418 g/mol. The molecular weight excluding hydrogens is 396 g/mol. The van der Waals surface area contributed by atoms with E-state index in [1.165, 1.54) is 12.1 Å². The van der Waals surface area contributed by atoms with Crippen LogP contribution in [0.15, 0.2) is 53.4 Å². The summed E-state index contributed by atoms with van der Waals surface area (Å²) in [5.74, 6) is 0.0601. The highest BCUT2D eigenvalue weighted by atomic mass is 32.2. The van der Waals surface area contributed by atoms with Gasteiger partial charge in [0.05, 0.1) is 4.90 Å². The van der Waals surface area contributed by atoms with Gasteiger partial charge < -0.3 is 15.1 Å². The number of anilines is 2. The van der Waals surface area contributed by atoms with Gasteiger partial charge in [0.2, 0.25) is 10.0 Å². The zero-order chi connectivity index (χ0) is 20.3. The molecule has 0 unspecified atom stereocenters. The van der Waals surface area contributed by atoms with Crippen molar-refractivity contribution in [1.29, 1.82) is 0 Å². The van der Waals surface area contributed by atoms with Crippen LogP contribution in [-0.4, -0.2) is 50.4 Å². The molecular formula is C19H22N4O3S2. The number of primary sulfonamides is 1. The van der Waals surface area contributed by atoms with Crippen LogP contribution in [0.4, 0.5) is 11.4 Å². The Bertz CT molecular complexity index is 965. The molecule has 0 atom stereocenters. The van der Waals surface area contributed by atoms with Crippen LogP contribution in [-0.2, 0) is 10.0 Å². The largest absolute Gasteiger partial charge is 0.368 e. The maximum atomic E-state index is 11.4. The first kappa shape index (κ1) is 20.2. The van der Waals surface area contributed by atoms with Crippen LogP contribution >= 0.6 is 12.2 Å². The van der Waals surface area contributed by atoms with Gasteiger partial charge >= 0.3 is 0 Å². The van der Waals surface area contributed by atoms with Crippen molar-refractivity contribution in [2.24, 2.45) is 5.14 Å². The minimum Gasteiger partial charge on any atom is -0.368 e. The summed E-state index contributed by atoms with van der Waals surface area (Å²) in [6.45, 7) is 4.70. The summed E-state index contributed by atoms with van der Waals surface area (Å²) in [5.41, 5.74) is 2.50. The lowest BCUT2D eigenvalue weighted by Crippen LogP contribution is -2.50. The number of benzene rings is 2. The van der Waals surface area contributed by atoms with Crippen molar-refractivity contribution in [2.75, 3.05) is 36.4 Å². The van der Waals surface area contributed by atoms with Crippen LogP contribution in [0.3, 0.4) is 0 Å². The Kier molecular flexibility index (Phi) is 5.97. The molecule has 2 aromatic carbocycles. The van der Waals surface area contributed by atoms with Crippen molar-refractivity contribution in [1.82, 2.24) is 4.90 Å². The van der Waals surface area contributed by atoms with Crippen LogP contribution in [0.2, 0.25) is 0 Å². The molecule has 2 aromatic rings. The lowest BCUT2D eigenvalue weighted by Gasteiger charge is -2.37. The molecule has 0 aromatic heterocycles. The van der Waals surface area contributed by atoms with Gasteiger partial charge in [0, 0.05) is 43.1 Å². The van der Waals surface area contributed by atoms with E-state index >= 15 is 0 Å². The third-order valence-electron chi connectivity index (χ3n) is 4.64. The number of hydrogen-bond acceptors (Lipinski definition) is 5. The van der Waals surface area contributed by atoms with Gasteiger partial charge in [-0.2, -0.15) is 0 Å². The number of piperazine rings is 1. The predicted molar refractivity (Wildman–Crippen MR) is 114 cm³/mol. The van der Waals surface area contributed by atoms with E-state index in [4.69, 9.17) is 17.4 Å². The van der Waals surface area contributed by atoms with Gasteiger partial charge in [0.1, 0.15) is 0 Å². The topological polar surface area (TPSA) is 95.7 Å². The number of ketones is 1. The SMILES string of the molecule is CC(=O)c1ccc(N2CCN(C(=S)Nc3ccc(S(N)(=O)=O)cc3)CC2)cc1. The molecule has 0 aliphatic carbocycles. The van der Waals surface area contributed by atoms with Crippen molar-refractivity contribution < 1.29 is 13.2 Å². The average molecular weight is 419 g/mol. The quantitative estimate of drug-likeness (QED) is 0.579. The molecule has 3 N–H and O–H groups in total. The fourth-order valence-corrected chi connectivity index (χ4v) is 3.82. The second-order valence-electron chi connectivity index (χ2n) is 6.58. The fraction of sp³-hybridized carbons (Fsp3) is 0.263. The molecule has 0 bridgehead atoms. The Morgan fingerprint density at radius 1 is 1.00 bits per heavy atom. The zero-order valence-corrected chi connectivity index (χ0v) is 17.1. The van der Waals surface area contributed by atoms with Crippen LogP contribution in [0.5, 0.6) is 0 Å². The van der Waals surface area contributed by atoms with Gasteiger partial charge in [0.15, 0.2) is 10.9 Å². The first-order chi connectivity index (χ1) is 13.2. The maximum Gasteiger partial charge on any atom is 0.238 e. The Hall–Kier alpha value is -2.49. The Balaban J connectivity index is 1.55. The number of rotatable bonds is 4. The van der Waals surface area contributed by atoms with E-state index in [2.05, 4.69) is 15.1 Å². The van der Waals surface area contributed by atoms with Crippen molar-refractivity contribution in [3.8, 4) is 0 Å². The smallest absolute Gasteiger partial charge is 0.238 e. The lowest BCUT2D eigenvalue weighted by atomic mass is 10.1. The zero-order valence-electron chi connectivity index (χ0n) is 15.5. The van der Waals surface area contributed by atoms with E-state index in [0.29, 0.717) is 16.4 Å². The summed E-state index contributed by atoms with van der Waals surface area (Å²) < 4.78 is 22.6. The first-order valence-electron chi connectivity index (χ1n) is 8.79. The summed E-state index contributed by atoms with van der Waals surface area (Å²) in [6.07, 6.45) is 0. The lowest BCUT2D eigenvalue weighted by molar-refractivity contribution is 0.101. The first-order valence-corrected chi connectivity index (χ1v) is 10.7. The van der Waals surface area contributed by atoms with Gasteiger partial charge in [-0.3, -0.25) is 4.79 Å². The fourth-order valence-electron chi connectivity index (χ4n) is 3.01. The summed E-state index contributed by atoms with van der Waals surface area (Å²) in [5, 5.41) is 8.83. The van der Waals surface area contributed by atoms with Crippen molar-refractivity contribution in [3.05, 3.63) is 54.1 Å². The maximum absolute atomic E-state index is 11.4. The summed E-state index contributed by atoms with van der Waals surface area (Å²) in [6, 6.07) is 13.8. The van der Waals surface area contributed by atoms with E-state index in [-0.39, 0.29) is 10.7 Å². The van der Waals surface area contributed by atoms with Crippen LogP contribution < -0.4 is 15.4 Å². The molecule has 148 valence electrons. The van der Waals surface area contributed by atoms with Crippen LogP contribution in [0.25, 0.3) is 0 Å². The highest BCUT2D eigenvalue weighted by molar-refractivity contribution is 7.89. The molecule has 28 heavy (non-hydrogen) atoms. The number of hydrogen-bond donors (Lipinski definition) is 2. The predicted octanol–water partition coefficient (Wildman–Crippen LogP) is 2.06. The van der Waals surface area contributed by atoms with Crippen molar-refractivity contribution in [3.63, 3.8) is 0 Å². The molecule has 1 fully saturated rings. The minimum atomic E-state index is -3.70. The molecule has 1 aliphatic heterocycles. The molecule has 7 nitrogen and oxygen atoms in total. The van der Waals surface area contributed by atoms with Crippen LogP contribution in [0.1, 0.15) is 17.3 Å². The van der Waals surface area contributed by atoms with Gasteiger partial charge in [-0.15, -0.1) is 0 Å². The van der Waals surface area contributed by atoms with E-state index in [0.717, 1.165) is 31.9 Å². The highest BCUT2D eigenvalue weighted by Gasteiger charge is 2.19. The molecule has 0 radical (unpaired) electrons. The average Bonchev–Trinajstić information content (AvgIpc) is 2.68.